The van der Waals surface area contributed by atoms with Crippen LogP contribution in [-0.2, 0) is 14.6 Å². The Morgan fingerprint density at radius 2 is 2.06 bits per heavy atom. The molecule has 0 radical (unpaired) electrons. The maximum Gasteiger partial charge on any atom is 0.227 e. The van der Waals surface area contributed by atoms with Crippen LogP contribution in [0.25, 0.3) is 0 Å². The van der Waals surface area contributed by atoms with Gasteiger partial charge in [0, 0.05) is 23.0 Å². The van der Waals surface area contributed by atoms with Gasteiger partial charge in [0.1, 0.15) is 0 Å². The van der Waals surface area contributed by atoms with E-state index in [2.05, 4.69) is 0 Å². The van der Waals surface area contributed by atoms with E-state index in [4.69, 9.17) is 11.6 Å². The highest BCUT2D eigenvalue weighted by molar-refractivity contribution is 7.91. The van der Waals surface area contributed by atoms with E-state index < -0.39 is 9.84 Å². The normalized spacial score (nSPS) is 29.6. The average Bonchev–Trinajstić information content (AvgIpc) is 2.68. The number of nitrogens with zero attached hydrogens (tertiary/aromatic N) is 1. The van der Waals surface area contributed by atoms with Gasteiger partial charge < -0.3 is 4.90 Å². The summed E-state index contributed by atoms with van der Waals surface area (Å²) in [5, 5.41) is 0.546. The summed E-state index contributed by atoms with van der Waals surface area (Å²) in [4.78, 5) is 13.6. The molecule has 0 aromatic heterocycles. The summed E-state index contributed by atoms with van der Waals surface area (Å²) in [5.41, 5.74) is 0.692. The lowest BCUT2D eigenvalue weighted by atomic mass is 10.1. The number of rotatable bonds is 1. The topological polar surface area (TPSA) is 54.5 Å². The summed E-state index contributed by atoms with van der Waals surface area (Å²) in [6.07, 6.45) is 0.316. The molecule has 1 aromatic carbocycles. The highest BCUT2D eigenvalue weighted by Crippen LogP contribution is 2.37. The van der Waals surface area contributed by atoms with Crippen LogP contribution in [0.2, 0.25) is 5.02 Å². The number of sulfone groups is 1. The van der Waals surface area contributed by atoms with Crippen LogP contribution >= 0.6 is 11.6 Å². The lowest BCUT2D eigenvalue weighted by molar-refractivity contribution is -0.117. The van der Waals surface area contributed by atoms with Crippen LogP contribution < -0.4 is 4.90 Å². The number of halogens is 1. The van der Waals surface area contributed by atoms with Gasteiger partial charge in [0.15, 0.2) is 9.84 Å². The Balaban J connectivity index is 1.99. The van der Waals surface area contributed by atoms with Crippen LogP contribution in [-0.4, -0.2) is 31.9 Å². The minimum Gasteiger partial charge on any atom is -0.308 e. The number of fused-ring (bicyclic) bond motifs is 1. The quantitative estimate of drug-likeness (QED) is 0.785. The lowest BCUT2D eigenvalue weighted by Gasteiger charge is -2.23. The molecular formula is C12H12ClNO3S. The van der Waals surface area contributed by atoms with E-state index in [1.54, 1.807) is 29.2 Å². The molecule has 0 N–H and O–H groups in total. The maximum atomic E-state index is 12.0. The summed E-state index contributed by atoms with van der Waals surface area (Å²) in [6, 6.07) is 6.76. The Labute approximate surface area is 110 Å². The third-order valence-electron chi connectivity index (χ3n) is 3.56. The Bertz CT molecular complexity index is 614. The van der Waals surface area contributed by atoms with E-state index >= 15 is 0 Å². The van der Waals surface area contributed by atoms with Gasteiger partial charge in [-0.25, -0.2) is 8.42 Å². The molecule has 2 atom stereocenters. The average molecular weight is 286 g/mol. The summed E-state index contributed by atoms with van der Waals surface area (Å²) >= 11 is 5.91. The first kappa shape index (κ1) is 12.0. The summed E-state index contributed by atoms with van der Waals surface area (Å²) in [6.45, 7) is 0. The van der Waals surface area contributed by atoms with Crippen molar-refractivity contribution in [3.05, 3.63) is 29.3 Å². The fourth-order valence-electron chi connectivity index (χ4n) is 2.85. The number of anilines is 1. The van der Waals surface area contributed by atoms with Crippen LogP contribution in [0, 0.1) is 5.92 Å². The van der Waals surface area contributed by atoms with Gasteiger partial charge in [-0.15, -0.1) is 0 Å². The second kappa shape index (κ2) is 3.96. The standard InChI is InChI=1S/C12H12ClNO3S/c13-9-2-1-3-10(5-9)14-11-7-18(16,17)6-8(11)4-12(14)15/h1-3,5,8,11H,4,6-7H2/t8-,11-/m0/s1. The van der Waals surface area contributed by atoms with Gasteiger partial charge in [-0.3, -0.25) is 4.79 Å². The lowest BCUT2D eigenvalue weighted by Crippen LogP contribution is -2.36. The molecule has 1 aromatic rings. The van der Waals surface area contributed by atoms with Crippen molar-refractivity contribution in [2.45, 2.75) is 12.5 Å². The molecule has 2 aliphatic heterocycles. The smallest absolute Gasteiger partial charge is 0.227 e. The molecule has 6 heteroatoms. The van der Waals surface area contributed by atoms with Crippen molar-refractivity contribution in [2.24, 2.45) is 5.92 Å². The van der Waals surface area contributed by atoms with Crippen molar-refractivity contribution in [3.8, 4) is 0 Å². The van der Waals surface area contributed by atoms with E-state index in [9.17, 15) is 13.2 Å². The fourth-order valence-corrected chi connectivity index (χ4v) is 5.11. The van der Waals surface area contributed by atoms with Gasteiger partial charge >= 0.3 is 0 Å². The number of hydrogen-bond acceptors (Lipinski definition) is 3. The predicted molar refractivity (Wildman–Crippen MR) is 69.5 cm³/mol. The van der Waals surface area contributed by atoms with Crippen LogP contribution in [0.4, 0.5) is 5.69 Å². The van der Waals surface area contributed by atoms with Gasteiger partial charge in [0.2, 0.25) is 5.91 Å². The monoisotopic (exact) mass is 285 g/mol. The van der Waals surface area contributed by atoms with Crippen LogP contribution in [0.15, 0.2) is 24.3 Å². The highest BCUT2D eigenvalue weighted by atomic mass is 35.5. The Morgan fingerprint density at radius 3 is 2.78 bits per heavy atom. The first-order valence-corrected chi connectivity index (χ1v) is 7.94. The zero-order valence-electron chi connectivity index (χ0n) is 9.54. The molecule has 0 unspecified atom stereocenters. The number of carbonyl (C=O) groups excluding carboxylic acids is 1. The SMILES string of the molecule is O=C1C[C@H]2CS(=O)(=O)C[C@@H]2N1c1cccc(Cl)c1. The molecule has 0 saturated carbocycles. The molecule has 2 fully saturated rings. The Hall–Kier alpha value is -1.07. The molecular weight excluding hydrogens is 274 g/mol. The highest BCUT2D eigenvalue weighted by Gasteiger charge is 2.49. The molecule has 0 spiro atoms. The van der Waals surface area contributed by atoms with Crippen molar-refractivity contribution in [2.75, 3.05) is 16.4 Å². The second-order valence-corrected chi connectivity index (χ2v) is 7.44. The Morgan fingerprint density at radius 1 is 1.28 bits per heavy atom. The van der Waals surface area contributed by atoms with Crippen molar-refractivity contribution in [1.29, 1.82) is 0 Å². The van der Waals surface area contributed by atoms with E-state index in [0.717, 1.165) is 0 Å². The van der Waals surface area contributed by atoms with Gasteiger partial charge in [-0.2, -0.15) is 0 Å². The third-order valence-corrected chi connectivity index (χ3v) is 5.58. The van der Waals surface area contributed by atoms with Gasteiger partial charge in [0.05, 0.1) is 17.5 Å². The molecule has 2 saturated heterocycles. The molecule has 0 aliphatic carbocycles. The molecule has 18 heavy (non-hydrogen) atoms. The number of amides is 1. The molecule has 4 nitrogen and oxygen atoms in total. The van der Waals surface area contributed by atoms with E-state index in [-0.39, 0.29) is 29.4 Å². The number of hydrogen-bond donors (Lipinski definition) is 0. The number of benzene rings is 1. The predicted octanol–water partition coefficient (Wildman–Crippen LogP) is 1.49. The van der Waals surface area contributed by atoms with Crippen molar-refractivity contribution >= 4 is 33.0 Å². The Kier molecular flexibility index (Phi) is 2.64. The molecule has 2 aliphatic rings. The molecule has 3 rings (SSSR count). The first-order valence-electron chi connectivity index (χ1n) is 5.74. The van der Waals surface area contributed by atoms with E-state index in [1.807, 2.05) is 0 Å². The van der Waals surface area contributed by atoms with Crippen molar-refractivity contribution in [1.82, 2.24) is 0 Å². The van der Waals surface area contributed by atoms with Crippen molar-refractivity contribution < 1.29 is 13.2 Å². The molecule has 0 bridgehead atoms. The van der Waals surface area contributed by atoms with Crippen LogP contribution in [0.1, 0.15) is 6.42 Å². The molecule has 1 amide bonds. The maximum absolute atomic E-state index is 12.0. The molecule has 96 valence electrons. The van der Waals surface area contributed by atoms with Gasteiger partial charge in [-0.1, -0.05) is 17.7 Å². The third kappa shape index (κ3) is 1.91. The minimum atomic E-state index is -3.01. The zero-order valence-corrected chi connectivity index (χ0v) is 11.1. The summed E-state index contributed by atoms with van der Waals surface area (Å²) in [7, 11) is -3.01. The van der Waals surface area contributed by atoms with Crippen molar-refractivity contribution in [3.63, 3.8) is 0 Å². The van der Waals surface area contributed by atoms with Crippen LogP contribution in [0.5, 0.6) is 0 Å². The fraction of sp³-hybridized carbons (Fsp3) is 0.417. The van der Waals surface area contributed by atoms with Crippen LogP contribution in [0.3, 0.4) is 0 Å². The zero-order chi connectivity index (χ0) is 12.9. The van der Waals surface area contributed by atoms with Gasteiger partial charge in [0.25, 0.3) is 0 Å². The first-order chi connectivity index (χ1) is 8.46. The minimum absolute atomic E-state index is 0.0119. The second-order valence-electron chi connectivity index (χ2n) is 4.85. The summed E-state index contributed by atoms with van der Waals surface area (Å²) < 4.78 is 23.3. The van der Waals surface area contributed by atoms with E-state index in [1.165, 1.54) is 0 Å². The van der Waals surface area contributed by atoms with E-state index in [0.29, 0.717) is 17.1 Å². The van der Waals surface area contributed by atoms with Gasteiger partial charge in [-0.05, 0) is 18.2 Å². The summed E-state index contributed by atoms with van der Waals surface area (Å²) in [5.74, 6) is 0.111. The largest absolute Gasteiger partial charge is 0.308 e. The molecule has 2 heterocycles. The number of carbonyl (C=O) groups is 1.